The van der Waals surface area contributed by atoms with Crippen molar-refractivity contribution in [2.75, 3.05) is 26.1 Å². The molecular formula is C12H17N3O3. The van der Waals surface area contributed by atoms with Crippen LogP contribution in [0, 0.1) is 0 Å². The van der Waals surface area contributed by atoms with E-state index in [2.05, 4.69) is 15.6 Å². The molecule has 1 saturated heterocycles. The molecular weight excluding hydrogens is 234 g/mol. The Hall–Kier alpha value is -1.66. The Bertz CT molecular complexity index is 425. The molecule has 2 N–H and O–H groups in total. The summed E-state index contributed by atoms with van der Waals surface area (Å²) in [6.07, 6.45) is 2.38. The van der Waals surface area contributed by atoms with E-state index in [0.717, 1.165) is 0 Å². The predicted octanol–water partition coefficient (Wildman–Crippen LogP) is 0.406. The summed E-state index contributed by atoms with van der Waals surface area (Å²) in [6, 6.07) is 3.27. The van der Waals surface area contributed by atoms with Crippen LogP contribution in [0.2, 0.25) is 0 Å². The van der Waals surface area contributed by atoms with Crippen LogP contribution in [0.1, 0.15) is 6.42 Å². The molecule has 1 fully saturated rings. The van der Waals surface area contributed by atoms with Crippen LogP contribution < -0.4 is 15.4 Å². The minimum absolute atomic E-state index is 0.0940. The quantitative estimate of drug-likeness (QED) is 0.810. The van der Waals surface area contributed by atoms with Crippen molar-refractivity contribution >= 4 is 11.6 Å². The molecule has 0 aliphatic carbocycles. The molecule has 2 rings (SSSR count). The third-order valence-electron chi connectivity index (χ3n) is 2.96. The highest BCUT2D eigenvalue weighted by Gasteiger charge is 2.29. The second-order valence-corrected chi connectivity index (χ2v) is 4.10. The second kappa shape index (κ2) is 5.79. The number of hydrogen-bond acceptors (Lipinski definition) is 5. The number of methoxy groups -OCH3 is 2. The lowest BCUT2D eigenvalue weighted by Gasteiger charge is -2.12. The van der Waals surface area contributed by atoms with Gasteiger partial charge in [0, 0.05) is 19.9 Å². The second-order valence-electron chi connectivity index (χ2n) is 4.10. The molecule has 0 aromatic carbocycles. The van der Waals surface area contributed by atoms with Gasteiger partial charge in [-0.15, -0.1) is 0 Å². The van der Waals surface area contributed by atoms with Gasteiger partial charge in [-0.1, -0.05) is 0 Å². The number of rotatable bonds is 4. The van der Waals surface area contributed by atoms with E-state index in [1.165, 1.54) is 7.11 Å². The number of carbonyl (C=O) groups excluding carboxylic acids is 1. The van der Waals surface area contributed by atoms with Gasteiger partial charge in [0.05, 0.1) is 19.3 Å². The number of carbonyl (C=O) groups is 1. The van der Waals surface area contributed by atoms with Gasteiger partial charge in [-0.3, -0.25) is 4.79 Å². The van der Waals surface area contributed by atoms with Gasteiger partial charge in [-0.25, -0.2) is 4.98 Å². The Morgan fingerprint density at radius 2 is 2.39 bits per heavy atom. The Morgan fingerprint density at radius 3 is 3.06 bits per heavy atom. The van der Waals surface area contributed by atoms with Crippen molar-refractivity contribution in [3.63, 3.8) is 0 Å². The average molecular weight is 251 g/mol. The van der Waals surface area contributed by atoms with Crippen molar-refractivity contribution in [2.24, 2.45) is 0 Å². The topological polar surface area (TPSA) is 72.5 Å². The highest BCUT2D eigenvalue weighted by molar-refractivity contribution is 5.96. The van der Waals surface area contributed by atoms with Crippen LogP contribution in [0.4, 0.5) is 5.69 Å². The summed E-state index contributed by atoms with van der Waals surface area (Å²) in [6.45, 7) is 0.693. The van der Waals surface area contributed by atoms with Crippen molar-refractivity contribution in [1.29, 1.82) is 0 Å². The van der Waals surface area contributed by atoms with Gasteiger partial charge in [0.1, 0.15) is 5.69 Å². The predicted molar refractivity (Wildman–Crippen MR) is 66.6 cm³/mol. The molecule has 6 nitrogen and oxygen atoms in total. The third kappa shape index (κ3) is 2.77. The van der Waals surface area contributed by atoms with Crippen molar-refractivity contribution in [1.82, 2.24) is 10.3 Å². The van der Waals surface area contributed by atoms with Crippen molar-refractivity contribution in [2.45, 2.75) is 18.6 Å². The molecule has 0 radical (unpaired) electrons. The van der Waals surface area contributed by atoms with Gasteiger partial charge >= 0.3 is 0 Å². The molecule has 2 heterocycles. The SMILES string of the molecule is COc1ncccc1NC(=O)C1CC(OC)CN1. The minimum Gasteiger partial charge on any atom is -0.480 e. The number of ether oxygens (including phenoxy) is 2. The van der Waals surface area contributed by atoms with E-state index in [4.69, 9.17) is 9.47 Å². The lowest BCUT2D eigenvalue weighted by molar-refractivity contribution is -0.118. The smallest absolute Gasteiger partial charge is 0.241 e. The molecule has 1 aliphatic rings. The van der Waals surface area contributed by atoms with Gasteiger partial charge in [0.2, 0.25) is 11.8 Å². The van der Waals surface area contributed by atoms with E-state index in [-0.39, 0.29) is 18.1 Å². The zero-order chi connectivity index (χ0) is 13.0. The minimum atomic E-state index is -0.236. The molecule has 0 spiro atoms. The number of anilines is 1. The molecule has 1 aliphatic heterocycles. The van der Waals surface area contributed by atoms with E-state index in [1.54, 1.807) is 25.4 Å². The van der Waals surface area contributed by atoms with Crippen molar-refractivity contribution in [3.05, 3.63) is 18.3 Å². The molecule has 1 amide bonds. The average Bonchev–Trinajstić information content (AvgIpc) is 2.88. The fourth-order valence-electron chi connectivity index (χ4n) is 1.95. The maximum atomic E-state index is 12.0. The normalized spacial score (nSPS) is 22.8. The first-order chi connectivity index (χ1) is 8.74. The molecule has 0 bridgehead atoms. The maximum absolute atomic E-state index is 12.0. The molecule has 2 atom stereocenters. The monoisotopic (exact) mass is 251 g/mol. The zero-order valence-corrected chi connectivity index (χ0v) is 10.5. The van der Waals surface area contributed by atoms with E-state index in [0.29, 0.717) is 24.5 Å². The van der Waals surface area contributed by atoms with Gasteiger partial charge in [0.15, 0.2) is 0 Å². The van der Waals surface area contributed by atoms with Crippen LogP contribution >= 0.6 is 0 Å². The molecule has 1 aromatic heterocycles. The highest BCUT2D eigenvalue weighted by atomic mass is 16.5. The third-order valence-corrected chi connectivity index (χ3v) is 2.96. The molecule has 1 aromatic rings. The number of nitrogens with one attached hydrogen (secondary N) is 2. The van der Waals surface area contributed by atoms with Gasteiger partial charge in [0.25, 0.3) is 0 Å². The number of pyridine rings is 1. The van der Waals surface area contributed by atoms with Gasteiger partial charge in [-0.2, -0.15) is 0 Å². The van der Waals surface area contributed by atoms with E-state index in [1.807, 2.05) is 0 Å². The standard InChI is InChI=1S/C12H17N3O3/c1-17-8-6-10(14-7-8)11(16)15-9-4-3-5-13-12(9)18-2/h3-5,8,10,14H,6-7H2,1-2H3,(H,15,16). The molecule has 98 valence electrons. The fourth-order valence-corrected chi connectivity index (χ4v) is 1.95. The largest absolute Gasteiger partial charge is 0.480 e. The number of amides is 1. The first-order valence-corrected chi connectivity index (χ1v) is 5.80. The van der Waals surface area contributed by atoms with Gasteiger partial charge < -0.3 is 20.1 Å². The molecule has 18 heavy (non-hydrogen) atoms. The summed E-state index contributed by atoms with van der Waals surface area (Å²) in [7, 11) is 3.17. The van der Waals surface area contributed by atoms with Crippen LogP contribution in [-0.2, 0) is 9.53 Å². The Balaban J connectivity index is 1.99. The van der Waals surface area contributed by atoms with E-state index < -0.39 is 0 Å². The number of aromatic nitrogens is 1. The Morgan fingerprint density at radius 1 is 1.56 bits per heavy atom. The first kappa shape index (κ1) is 12.8. The van der Waals surface area contributed by atoms with Crippen LogP contribution in [0.25, 0.3) is 0 Å². The Labute approximate surface area is 106 Å². The summed E-state index contributed by atoms with van der Waals surface area (Å²) in [5, 5.41) is 5.92. The van der Waals surface area contributed by atoms with Crippen LogP contribution in [0.15, 0.2) is 18.3 Å². The van der Waals surface area contributed by atoms with Gasteiger partial charge in [-0.05, 0) is 18.6 Å². The Kier molecular flexibility index (Phi) is 4.11. The zero-order valence-electron chi connectivity index (χ0n) is 10.5. The molecule has 0 saturated carbocycles. The molecule has 6 heteroatoms. The maximum Gasteiger partial charge on any atom is 0.241 e. The highest BCUT2D eigenvalue weighted by Crippen LogP contribution is 2.21. The van der Waals surface area contributed by atoms with Crippen LogP contribution in [-0.4, -0.2) is 43.8 Å². The first-order valence-electron chi connectivity index (χ1n) is 5.80. The summed E-state index contributed by atoms with van der Waals surface area (Å²) in [4.78, 5) is 16.1. The van der Waals surface area contributed by atoms with Crippen molar-refractivity contribution in [3.8, 4) is 5.88 Å². The number of nitrogens with zero attached hydrogens (tertiary/aromatic N) is 1. The lowest BCUT2D eigenvalue weighted by Crippen LogP contribution is -2.35. The fraction of sp³-hybridized carbons (Fsp3) is 0.500. The van der Waals surface area contributed by atoms with E-state index in [9.17, 15) is 4.79 Å². The number of hydrogen-bond donors (Lipinski definition) is 2. The van der Waals surface area contributed by atoms with Crippen molar-refractivity contribution < 1.29 is 14.3 Å². The summed E-state index contributed by atoms with van der Waals surface area (Å²) < 4.78 is 10.3. The summed E-state index contributed by atoms with van der Waals surface area (Å²) in [5.74, 6) is 0.313. The summed E-state index contributed by atoms with van der Waals surface area (Å²) >= 11 is 0. The van der Waals surface area contributed by atoms with Crippen LogP contribution in [0.5, 0.6) is 5.88 Å². The lowest BCUT2D eigenvalue weighted by atomic mass is 10.2. The molecule has 2 unspecified atom stereocenters. The summed E-state index contributed by atoms with van der Waals surface area (Å²) in [5.41, 5.74) is 0.577. The van der Waals surface area contributed by atoms with E-state index >= 15 is 0 Å². The van der Waals surface area contributed by atoms with Crippen LogP contribution in [0.3, 0.4) is 0 Å².